The second kappa shape index (κ2) is 11.1. The minimum Gasteiger partial charge on any atom is -0.379 e. The zero-order valence-corrected chi connectivity index (χ0v) is 14.1. The van der Waals surface area contributed by atoms with Gasteiger partial charge in [-0.05, 0) is 32.6 Å². The summed E-state index contributed by atoms with van der Waals surface area (Å²) in [5.41, 5.74) is 0. The van der Waals surface area contributed by atoms with Gasteiger partial charge in [-0.2, -0.15) is 0 Å². The van der Waals surface area contributed by atoms with Crippen LogP contribution in [0.1, 0.15) is 39.0 Å². The fraction of sp³-hybridized carbons (Fsp3) is 0.812. The molecule has 1 aliphatic carbocycles. The van der Waals surface area contributed by atoms with Crippen LogP contribution in [0.4, 0.5) is 0 Å². The summed E-state index contributed by atoms with van der Waals surface area (Å²) in [7, 11) is 1.49. The quantitative estimate of drug-likeness (QED) is 0.567. The van der Waals surface area contributed by atoms with Gasteiger partial charge in [0.1, 0.15) is 12.4 Å². The van der Waals surface area contributed by atoms with Gasteiger partial charge >= 0.3 is 0 Å². The Hall–Kier alpha value is -1.47. The van der Waals surface area contributed by atoms with E-state index in [0.717, 1.165) is 25.7 Å². The van der Waals surface area contributed by atoms with E-state index in [1.165, 1.54) is 14.0 Å². The van der Waals surface area contributed by atoms with Crippen molar-refractivity contribution in [2.75, 3.05) is 33.5 Å². The van der Waals surface area contributed by atoms with Crippen LogP contribution in [0.15, 0.2) is 0 Å². The van der Waals surface area contributed by atoms with Gasteiger partial charge in [0.2, 0.25) is 11.8 Å². The van der Waals surface area contributed by atoms with Gasteiger partial charge in [0.25, 0.3) is 0 Å². The monoisotopic (exact) mass is 328 g/mol. The van der Waals surface area contributed by atoms with Crippen molar-refractivity contribution < 1.29 is 23.9 Å². The lowest BCUT2D eigenvalue weighted by Gasteiger charge is -2.28. The maximum atomic E-state index is 12.0. The maximum Gasteiger partial charge on any atom is 0.246 e. The van der Waals surface area contributed by atoms with Crippen molar-refractivity contribution in [3.8, 4) is 0 Å². The van der Waals surface area contributed by atoms with Crippen LogP contribution in [-0.2, 0) is 23.9 Å². The third kappa shape index (κ3) is 8.66. The van der Waals surface area contributed by atoms with Crippen LogP contribution in [0.3, 0.4) is 0 Å². The minimum atomic E-state index is -0.108. The van der Waals surface area contributed by atoms with Crippen LogP contribution < -0.4 is 10.6 Å². The number of rotatable bonds is 10. The first-order chi connectivity index (χ1) is 11.0. The maximum absolute atomic E-state index is 12.0. The summed E-state index contributed by atoms with van der Waals surface area (Å²) in [6, 6.07) is 0.136. The Morgan fingerprint density at radius 2 is 1.78 bits per heavy atom. The molecular weight excluding hydrogens is 300 g/mol. The molecule has 0 aromatic heterocycles. The molecule has 0 heterocycles. The second-order valence-corrected chi connectivity index (χ2v) is 5.90. The van der Waals surface area contributed by atoms with Crippen molar-refractivity contribution in [1.82, 2.24) is 10.6 Å². The van der Waals surface area contributed by atoms with Gasteiger partial charge in [0.05, 0.1) is 13.2 Å². The second-order valence-electron chi connectivity index (χ2n) is 5.90. The molecule has 23 heavy (non-hydrogen) atoms. The molecule has 0 aromatic rings. The molecule has 0 unspecified atom stereocenters. The number of nitrogens with one attached hydrogen (secondary N) is 2. The number of ketones is 1. The Labute approximate surface area is 137 Å². The molecule has 1 rings (SSSR count). The average molecular weight is 328 g/mol. The number of hydrogen-bond donors (Lipinski definition) is 2. The summed E-state index contributed by atoms with van der Waals surface area (Å²) < 4.78 is 10.1. The Morgan fingerprint density at radius 3 is 2.39 bits per heavy atom. The van der Waals surface area contributed by atoms with Gasteiger partial charge in [0.15, 0.2) is 0 Å². The topological polar surface area (TPSA) is 93.7 Å². The summed E-state index contributed by atoms with van der Waals surface area (Å²) >= 11 is 0. The van der Waals surface area contributed by atoms with Crippen molar-refractivity contribution in [2.45, 2.75) is 45.1 Å². The molecule has 0 atom stereocenters. The highest BCUT2D eigenvalue weighted by Crippen LogP contribution is 2.24. The summed E-state index contributed by atoms with van der Waals surface area (Å²) in [4.78, 5) is 34.2. The normalized spacial score (nSPS) is 20.8. The summed E-state index contributed by atoms with van der Waals surface area (Å²) in [5.74, 6) is 0.0381. The molecule has 0 spiro atoms. The molecule has 0 radical (unpaired) electrons. The van der Waals surface area contributed by atoms with Gasteiger partial charge in [-0.15, -0.1) is 0 Å². The molecule has 0 aliphatic heterocycles. The van der Waals surface area contributed by atoms with Crippen LogP contribution in [0, 0.1) is 5.92 Å². The van der Waals surface area contributed by atoms with Gasteiger partial charge in [-0.1, -0.05) is 0 Å². The molecule has 1 aliphatic rings. The number of Topliss-reactive ketones (excluding diaryl/α,β-unsaturated/α-hetero) is 1. The largest absolute Gasteiger partial charge is 0.379 e. The Morgan fingerprint density at radius 1 is 1.09 bits per heavy atom. The summed E-state index contributed by atoms with van der Waals surface area (Å²) in [6.07, 6.45) is 3.57. The van der Waals surface area contributed by atoms with E-state index in [1.54, 1.807) is 0 Å². The fourth-order valence-electron chi connectivity index (χ4n) is 2.61. The van der Waals surface area contributed by atoms with Crippen molar-refractivity contribution >= 4 is 17.6 Å². The van der Waals surface area contributed by atoms with Gasteiger partial charge in [-0.3, -0.25) is 14.4 Å². The zero-order valence-electron chi connectivity index (χ0n) is 14.1. The van der Waals surface area contributed by atoms with E-state index in [1.807, 2.05) is 0 Å². The summed E-state index contributed by atoms with van der Waals surface area (Å²) in [6.45, 7) is 2.88. The number of ether oxygens (including phenoxy) is 2. The molecule has 1 fully saturated rings. The standard InChI is InChI=1S/C16H28N2O5/c1-12(19)7-9-23-10-8-17-16(21)13-3-5-14(6-4-13)18-15(20)11-22-2/h13-14H,3-11H2,1-2H3,(H,17,21)(H,18,20)/t13-,14-. The molecular formula is C16H28N2O5. The number of amides is 2. The summed E-state index contributed by atoms with van der Waals surface area (Å²) in [5, 5.41) is 5.77. The van der Waals surface area contributed by atoms with Crippen LogP contribution >= 0.6 is 0 Å². The first-order valence-electron chi connectivity index (χ1n) is 8.16. The van der Waals surface area contributed by atoms with Crippen LogP contribution in [-0.4, -0.2) is 57.1 Å². The number of methoxy groups -OCH3 is 1. The average Bonchev–Trinajstić information content (AvgIpc) is 2.51. The van der Waals surface area contributed by atoms with Gasteiger partial charge in [0, 0.05) is 32.0 Å². The van der Waals surface area contributed by atoms with E-state index in [0.29, 0.717) is 26.2 Å². The molecule has 2 N–H and O–H groups in total. The highest BCUT2D eigenvalue weighted by molar-refractivity contribution is 5.79. The Kier molecular flexibility index (Phi) is 9.47. The van der Waals surface area contributed by atoms with Crippen molar-refractivity contribution in [3.63, 3.8) is 0 Å². The fourth-order valence-corrected chi connectivity index (χ4v) is 2.61. The van der Waals surface area contributed by atoms with E-state index in [-0.39, 0.29) is 36.2 Å². The van der Waals surface area contributed by atoms with E-state index < -0.39 is 0 Å². The molecule has 132 valence electrons. The molecule has 2 amide bonds. The lowest BCUT2D eigenvalue weighted by Crippen LogP contribution is -2.42. The first-order valence-corrected chi connectivity index (χ1v) is 8.16. The molecule has 0 aromatic carbocycles. The van der Waals surface area contributed by atoms with Crippen molar-refractivity contribution in [2.24, 2.45) is 5.92 Å². The third-order valence-corrected chi connectivity index (χ3v) is 3.88. The Bertz CT molecular complexity index is 392. The molecule has 0 bridgehead atoms. The van der Waals surface area contributed by atoms with Crippen LogP contribution in [0.2, 0.25) is 0 Å². The number of hydrogen-bond acceptors (Lipinski definition) is 5. The van der Waals surface area contributed by atoms with E-state index >= 15 is 0 Å². The van der Waals surface area contributed by atoms with Crippen molar-refractivity contribution in [1.29, 1.82) is 0 Å². The highest BCUT2D eigenvalue weighted by atomic mass is 16.5. The van der Waals surface area contributed by atoms with Gasteiger partial charge in [-0.25, -0.2) is 0 Å². The highest BCUT2D eigenvalue weighted by Gasteiger charge is 2.26. The third-order valence-electron chi connectivity index (χ3n) is 3.88. The number of carbonyl (C=O) groups is 3. The van der Waals surface area contributed by atoms with Crippen LogP contribution in [0.25, 0.3) is 0 Å². The molecule has 0 saturated heterocycles. The van der Waals surface area contributed by atoms with E-state index in [4.69, 9.17) is 9.47 Å². The van der Waals surface area contributed by atoms with E-state index in [2.05, 4.69) is 10.6 Å². The van der Waals surface area contributed by atoms with E-state index in [9.17, 15) is 14.4 Å². The predicted molar refractivity (Wildman–Crippen MR) is 84.9 cm³/mol. The van der Waals surface area contributed by atoms with Gasteiger partial charge < -0.3 is 20.1 Å². The predicted octanol–water partition coefficient (Wildman–Crippen LogP) is 0.420. The smallest absolute Gasteiger partial charge is 0.246 e. The molecule has 7 heteroatoms. The first kappa shape index (κ1) is 19.6. The van der Waals surface area contributed by atoms with Crippen LogP contribution in [0.5, 0.6) is 0 Å². The number of carbonyl (C=O) groups excluding carboxylic acids is 3. The SMILES string of the molecule is COCC(=O)N[C@H]1CC[C@H](C(=O)NCCOCCC(C)=O)CC1. The lowest BCUT2D eigenvalue weighted by molar-refractivity contribution is -0.127. The lowest BCUT2D eigenvalue weighted by atomic mass is 9.85. The molecule has 7 nitrogen and oxygen atoms in total. The Balaban J connectivity index is 2.10. The minimum absolute atomic E-state index is 0.00259. The molecule has 1 saturated carbocycles. The zero-order chi connectivity index (χ0) is 17.1. The van der Waals surface area contributed by atoms with Crippen molar-refractivity contribution in [3.05, 3.63) is 0 Å².